The van der Waals surface area contributed by atoms with Crippen LogP contribution in [0.1, 0.15) is 29.8 Å². The summed E-state index contributed by atoms with van der Waals surface area (Å²) >= 11 is 0. The molecule has 0 saturated carbocycles. The molecule has 2 heterocycles. The monoisotopic (exact) mass is 431 g/mol. The Morgan fingerprint density at radius 3 is 2.57 bits per heavy atom. The molecule has 0 aliphatic heterocycles. The highest BCUT2D eigenvalue weighted by Crippen LogP contribution is 2.29. The van der Waals surface area contributed by atoms with E-state index < -0.39 is 21.3 Å². The van der Waals surface area contributed by atoms with E-state index in [1.54, 1.807) is 25.1 Å². The third-order valence-corrected chi connectivity index (χ3v) is 5.68. The lowest BCUT2D eigenvalue weighted by molar-refractivity contribution is 0.1000. The molecule has 2 aromatic heterocycles. The molecule has 11 heteroatoms. The predicted octanol–water partition coefficient (Wildman–Crippen LogP) is 1.59. The molecule has 0 radical (unpaired) electrons. The Balaban J connectivity index is 2.20. The van der Waals surface area contributed by atoms with E-state index in [4.69, 9.17) is 16.2 Å². The van der Waals surface area contributed by atoms with Crippen LogP contribution < -0.4 is 16.2 Å². The molecule has 5 N–H and O–H groups in total. The number of carbonyl (C=O) groups is 1. The van der Waals surface area contributed by atoms with E-state index >= 15 is 0 Å². The van der Waals surface area contributed by atoms with Gasteiger partial charge in [0.25, 0.3) is 10.1 Å². The number of aromatic nitrogens is 3. The summed E-state index contributed by atoms with van der Waals surface area (Å²) in [4.78, 5) is 24.5. The van der Waals surface area contributed by atoms with Crippen LogP contribution in [0.2, 0.25) is 0 Å². The van der Waals surface area contributed by atoms with Gasteiger partial charge >= 0.3 is 0 Å². The molecule has 0 bridgehead atoms. The molecule has 0 aliphatic carbocycles. The van der Waals surface area contributed by atoms with Crippen molar-refractivity contribution >= 4 is 33.0 Å². The van der Waals surface area contributed by atoms with Crippen molar-refractivity contribution in [3.8, 4) is 17.1 Å². The molecule has 0 fully saturated rings. The van der Waals surface area contributed by atoms with Gasteiger partial charge in [-0.3, -0.25) is 9.35 Å². The van der Waals surface area contributed by atoms with Crippen LogP contribution in [0, 0.1) is 0 Å². The van der Waals surface area contributed by atoms with Crippen LogP contribution in [0.25, 0.3) is 22.3 Å². The summed E-state index contributed by atoms with van der Waals surface area (Å²) in [6, 6.07) is 7.94. The van der Waals surface area contributed by atoms with Gasteiger partial charge in [0.1, 0.15) is 0 Å². The predicted molar refractivity (Wildman–Crippen MR) is 112 cm³/mol. The summed E-state index contributed by atoms with van der Waals surface area (Å²) in [6.07, 6.45) is 0.00345. The van der Waals surface area contributed by atoms with Gasteiger partial charge in [0, 0.05) is 11.1 Å². The molecule has 1 amide bonds. The largest absolute Gasteiger partial charge is 0.476 e. The minimum Gasteiger partial charge on any atom is -0.476 e. The Morgan fingerprint density at radius 1 is 1.20 bits per heavy atom. The summed E-state index contributed by atoms with van der Waals surface area (Å²) in [7, 11) is -4.25. The molecule has 0 saturated heterocycles. The molecule has 3 rings (SSSR count). The van der Waals surface area contributed by atoms with Gasteiger partial charge in [0.2, 0.25) is 17.7 Å². The number of hydrogen-bond donors (Lipinski definition) is 3. The molecular weight excluding hydrogens is 410 g/mol. The first-order valence-electron chi connectivity index (χ1n) is 9.06. The Kier molecular flexibility index (Phi) is 5.85. The van der Waals surface area contributed by atoms with Crippen molar-refractivity contribution < 1.29 is 22.5 Å². The van der Waals surface area contributed by atoms with Gasteiger partial charge < -0.3 is 16.2 Å². The zero-order chi connectivity index (χ0) is 22.1. The van der Waals surface area contributed by atoms with Crippen LogP contribution in [0.4, 0.5) is 5.95 Å². The fourth-order valence-electron chi connectivity index (χ4n) is 2.95. The molecule has 1 unspecified atom stereocenters. The highest BCUT2D eigenvalue weighted by atomic mass is 32.2. The first-order valence-corrected chi connectivity index (χ1v) is 10.6. The third kappa shape index (κ3) is 4.47. The number of hydrogen-bond acceptors (Lipinski definition) is 8. The maximum absolute atomic E-state index is 11.7. The van der Waals surface area contributed by atoms with Crippen molar-refractivity contribution in [1.82, 2.24) is 15.0 Å². The lowest BCUT2D eigenvalue weighted by atomic mass is 9.97. The number of nitrogens with zero attached hydrogens (tertiary/aromatic N) is 3. The lowest BCUT2D eigenvalue weighted by Gasteiger charge is -2.14. The Morgan fingerprint density at radius 2 is 1.93 bits per heavy atom. The molecule has 0 aliphatic rings. The maximum Gasteiger partial charge on any atom is 0.267 e. The number of amides is 1. The molecule has 158 valence electrons. The van der Waals surface area contributed by atoms with Crippen molar-refractivity contribution in [2.75, 3.05) is 12.3 Å². The molecular formula is C19H21N5O5S. The second-order valence-corrected chi connectivity index (χ2v) is 8.48. The van der Waals surface area contributed by atoms with Gasteiger partial charge in [-0.25, -0.2) is 9.97 Å². The van der Waals surface area contributed by atoms with Crippen LogP contribution in [0.3, 0.4) is 0 Å². The van der Waals surface area contributed by atoms with Crippen LogP contribution >= 0.6 is 0 Å². The number of carbonyl (C=O) groups excluding carboxylic acids is 1. The standard InChI is InChI=1S/C19H21N5O5S/c1-3-29-18-16-15(23-19(21)24-18)7-6-14(22-16)13-9-12(17(20)25)5-4-11(13)8-10(2)30(26,27)28/h4-7,9-10H,3,8H2,1-2H3,(H2,20,25)(H2,21,23,24)(H,26,27,28). The number of fused-ring (bicyclic) bond motifs is 1. The van der Waals surface area contributed by atoms with E-state index in [-0.39, 0.29) is 23.8 Å². The topological polar surface area (TPSA) is 171 Å². The Bertz CT molecular complexity index is 1230. The van der Waals surface area contributed by atoms with E-state index in [1.807, 2.05) is 0 Å². The number of pyridine rings is 1. The highest BCUT2D eigenvalue weighted by Gasteiger charge is 2.21. The number of nitrogen functional groups attached to an aromatic ring is 1. The summed E-state index contributed by atoms with van der Waals surface area (Å²) in [5.41, 5.74) is 13.7. The molecule has 30 heavy (non-hydrogen) atoms. The fourth-order valence-corrected chi connectivity index (χ4v) is 3.34. The summed E-state index contributed by atoms with van der Waals surface area (Å²) in [5.74, 6) is -0.391. The van der Waals surface area contributed by atoms with E-state index in [2.05, 4.69) is 15.0 Å². The van der Waals surface area contributed by atoms with E-state index in [1.165, 1.54) is 19.1 Å². The van der Waals surface area contributed by atoms with Gasteiger partial charge in [-0.15, -0.1) is 0 Å². The summed E-state index contributed by atoms with van der Waals surface area (Å²) in [5, 5.41) is -1.06. The van der Waals surface area contributed by atoms with Crippen LogP contribution in [-0.2, 0) is 16.5 Å². The van der Waals surface area contributed by atoms with Crippen LogP contribution in [-0.4, -0.2) is 45.7 Å². The Labute approximate surface area is 173 Å². The van der Waals surface area contributed by atoms with Gasteiger partial charge in [0.05, 0.1) is 23.1 Å². The zero-order valence-electron chi connectivity index (χ0n) is 16.4. The van der Waals surface area contributed by atoms with E-state index in [0.717, 1.165) is 0 Å². The third-order valence-electron chi connectivity index (χ3n) is 4.49. The second kappa shape index (κ2) is 8.20. The van der Waals surface area contributed by atoms with Gasteiger partial charge in [-0.2, -0.15) is 13.4 Å². The van der Waals surface area contributed by atoms with Gasteiger partial charge in [0.15, 0.2) is 5.52 Å². The minimum absolute atomic E-state index is 0.00345. The van der Waals surface area contributed by atoms with Crippen molar-refractivity contribution in [3.05, 3.63) is 41.5 Å². The normalized spacial score (nSPS) is 12.6. The summed E-state index contributed by atoms with van der Waals surface area (Å²) in [6.45, 7) is 3.52. The number of nitrogens with two attached hydrogens (primary N) is 2. The van der Waals surface area contributed by atoms with Gasteiger partial charge in [-0.1, -0.05) is 6.07 Å². The zero-order valence-corrected chi connectivity index (χ0v) is 17.2. The van der Waals surface area contributed by atoms with Crippen molar-refractivity contribution in [3.63, 3.8) is 0 Å². The SMILES string of the molecule is CCOc1nc(N)nc2ccc(-c3cc(C(N)=O)ccc3CC(C)S(=O)(=O)O)nc12. The number of ether oxygens (including phenoxy) is 1. The van der Waals surface area contributed by atoms with E-state index in [0.29, 0.717) is 34.5 Å². The highest BCUT2D eigenvalue weighted by molar-refractivity contribution is 7.86. The van der Waals surface area contributed by atoms with Crippen molar-refractivity contribution in [1.29, 1.82) is 0 Å². The molecule has 1 atom stereocenters. The molecule has 10 nitrogen and oxygen atoms in total. The fraction of sp³-hybridized carbons (Fsp3) is 0.263. The number of anilines is 1. The summed E-state index contributed by atoms with van der Waals surface area (Å²) < 4.78 is 37.9. The number of primary amides is 1. The quantitative estimate of drug-likeness (QED) is 0.470. The molecule has 3 aromatic rings. The van der Waals surface area contributed by atoms with Crippen molar-refractivity contribution in [2.45, 2.75) is 25.5 Å². The first kappa shape index (κ1) is 21.4. The average Bonchev–Trinajstić information content (AvgIpc) is 2.67. The molecule has 0 spiro atoms. The first-order chi connectivity index (χ1) is 14.1. The van der Waals surface area contributed by atoms with Crippen LogP contribution in [0.15, 0.2) is 30.3 Å². The van der Waals surface area contributed by atoms with E-state index in [9.17, 15) is 17.8 Å². The second-order valence-electron chi connectivity index (χ2n) is 6.65. The number of benzene rings is 1. The number of rotatable bonds is 7. The van der Waals surface area contributed by atoms with Crippen molar-refractivity contribution in [2.24, 2.45) is 5.73 Å². The average molecular weight is 431 g/mol. The Hall–Kier alpha value is -3.31. The smallest absolute Gasteiger partial charge is 0.267 e. The van der Waals surface area contributed by atoms with Crippen LogP contribution in [0.5, 0.6) is 5.88 Å². The maximum atomic E-state index is 11.7. The molecule has 1 aromatic carbocycles. The van der Waals surface area contributed by atoms with Gasteiger partial charge in [-0.05, 0) is 50.1 Å². The lowest BCUT2D eigenvalue weighted by Crippen LogP contribution is -2.20. The minimum atomic E-state index is -4.25.